The molecule has 0 saturated heterocycles. The van der Waals surface area contributed by atoms with Gasteiger partial charge in [0.2, 0.25) is 0 Å². The lowest BCUT2D eigenvalue weighted by atomic mass is 9.73. The minimum absolute atomic E-state index is 0.464. The van der Waals surface area contributed by atoms with Crippen LogP contribution in [0, 0.1) is 16.7 Å². The molecule has 318 valence electrons. The Bertz CT molecular complexity index is 2550. The minimum atomic E-state index is 0.464. The van der Waals surface area contributed by atoms with Crippen LogP contribution < -0.4 is 0 Å². The van der Waals surface area contributed by atoms with Crippen molar-refractivity contribution < 1.29 is 0 Å². The summed E-state index contributed by atoms with van der Waals surface area (Å²) in [6, 6.07) is 11.8. The molecule has 0 spiro atoms. The molecule has 3 aromatic carbocycles. The second-order valence-electron chi connectivity index (χ2n) is 14.4. The summed E-state index contributed by atoms with van der Waals surface area (Å²) in [6.07, 6.45) is 20.1. The lowest BCUT2D eigenvalue weighted by molar-refractivity contribution is 0.842. The Balaban J connectivity index is 0.000000742. The number of hydrogen-bond acceptors (Lipinski definition) is 3. The van der Waals surface area contributed by atoms with Gasteiger partial charge in [-0.05, 0) is 132 Å². The maximum atomic E-state index is 8.42. The van der Waals surface area contributed by atoms with E-state index in [1.807, 2.05) is 94.5 Å². The summed E-state index contributed by atoms with van der Waals surface area (Å²) in [6.45, 7) is 33.5. The van der Waals surface area contributed by atoms with Crippen molar-refractivity contribution in [3.8, 4) is 11.1 Å². The van der Waals surface area contributed by atoms with Gasteiger partial charge in [0.05, 0.1) is 23.1 Å². The molecule has 0 fully saturated rings. The Labute approximate surface area is 362 Å². The van der Waals surface area contributed by atoms with E-state index >= 15 is 0 Å². The molecule has 4 aliphatic rings. The van der Waals surface area contributed by atoms with Gasteiger partial charge in [-0.15, -0.1) is 0 Å². The number of rotatable bonds is 9. The Kier molecular flexibility index (Phi) is 16.8. The summed E-state index contributed by atoms with van der Waals surface area (Å²) in [5.74, 6) is 0.464. The third-order valence-corrected chi connectivity index (χ3v) is 11.4. The van der Waals surface area contributed by atoms with Gasteiger partial charge in [-0.1, -0.05) is 120 Å². The monoisotopic (exact) mass is 804 g/mol. The largest absolute Gasteiger partial charge is 0.316 e. The molecule has 3 heterocycles. The SMILES string of the molecule is C=C/C(=C\C(C)=N)n1c2ccc(C3=CCN=C3)cc2c2cc3c4c(c21)CCc1cc2c(/C(C=N)=C/C)c(CCC)n(C5=CC5C)c2c(c1-4)CC3.CC.CC.CC.CC.CC. The van der Waals surface area contributed by atoms with Crippen LogP contribution in [0.1, 0.15) is 142 Å². The number of nitrogens with zero attached hydrogens (tertiary/aromatic N) is 3. The molecule has 1 aliphatic heterocycles. The van der Waals surface area contributed by atoms with Crippen LogP contribution in [-0.4, -0.2) is 33.8 Å². The first-order chi connectivity index (χ1) is 29.4. The van der Waals surface area contributed by atoms with Crippen molar-refractivity contribution in [1.29, 1.82) is 10.8 Å². The van der Waals surface area contributed by atoms with Crippen LogP contribution in [0.2, 0.25) is 0 Å². The molecule has 3 aliphatic carbocycles. The van der Waals surface area contributed by atoms with Gasteiger partial charge in [-0.2, -0.15) is 0 Å². The lowest BCUT2D eigenvalue weighted by Crippen LogP contribution is -2.16. The molecule has 60 heavy (non-hydrogen) atoms. The topological polar surface area (TPSA) is 69.9 Å². The molecule has 5 nitrogen and oxygen atoms in total. The normalized spacial score (nSPS) is 15.3. The summed E-state index contributed by atoms with van der Waals surface area (Å²) < 4.78 is 4.98. The Morgan fingerprint density at radius 3 is 1.95 bits per heavy atom. The number of benzene rings is 3. The third-order valence-electron chi connectivity index (χ3n) is 11.4. The van der Waals surface area contributed by atoms with Crippen molar-refractivity contribution in [1.82, 2.24) is 9.13 Å². The smallest absolute Gasteiger partial charge is 0.0580 e. The van der Waals surface area contributed by atoms with Gasteiger partial charge in [0, 0.05) is 62.9 Å². The van der Waals surface area contributed by atoms with Crippen LogP contribution in [-0.2, 0) is 32.1 Å². The molecule has 5 aromatic rings. The molecular weight excluding hydrogens is 731 g/mol. The second-order valence-corrected chi connectivity index (χ2v) is 14.4. The zero-order valence-corrected chi connectivity index (χ0v) is 39.5. The Morgan fingerprint density at radius 1 is 0.850 bits per heavy atom. The number of nitrogens with one attached hydrogen (secondary N) is 2. The van der Waals surface area contributed by atoms with E-state index in [4.69, 9.17) is 10.8 Å². The first-order valence-electron chi connectivity index (χ1n) is 23.2. The molecule has 0 saturated carbocycles. The summed E-state index contributed by atoms with van der Waals surface area (Å²) in [7, 11) is 0. The Morgan fingerprint density at radius 2 is 1.45 bits per heavy atom. The third kappa shape index (κ3) is 8.12. The number of hydrogen-bond donors (Lipinski definition) is 2. The van der Waals surface area contributed by atoms with Crippen molar-refractivity contribution in [2.24, 2.45) is 10.9 Å². The van der Waals surface area contributed by atoms with E-state index in [9.17, 15) is 0 Å². The lowest BCUT2D eigenvalue weighted by Gasteiger charge is -2.31. The first-order valence-corrected chi connectivity index (χ1v) is 23.2. The molecule has 0 amide bonds. The number of fused-ring (bicyclic) bond motifs is 6. The van der Waals surface area contributed by atoms with Gasteiger partial charge < -0.3 is 20.0 Å². The molecule has 9 rings (SSSR count). The van der Waals surface area contributed by atoms with Crippen molar-refractivity contribution >= 4 is 73.4 Å². The van der Waals surface area contributed by atoms with Crippen molar-refractivity contribution in [3.63, 3.8) is 0 Å². The van der Waals surface area contributed by atoms with E-state index in [2.05, 4.69) is 90.0 Å². The summed E-state index contributed by atoms with van der Waals surface area (Å²) >= 11 is 0. The highest BCUT2D eigenvalue weighted by Gasteiger charge is 2.36. The van der Waals surface area contributed by atoms with Crippen LogP contribution in [0.3, 0.4) is 0 Å². The molecule has 1 unspecified atom stereocenters. The highest BCUT2D eigenvalue weighted by atomic mass is 15.0. The zero-order chi connectivity index (χ0) is 44.4. The molecular formula is C55H73N5. The van der Waals surface area contributed by atoms with E-state index in [0.29, 0.717) is 11.6 Å². The average molecular weight is 804 g/mol. The maximum absolute atomic E-state index is 8.42. The summed E-state index contributed by atoms with van der Waals surface area (Å²) in [5.41, 5.74) is 21.2. The number of aliphatic imine (C=N–C) groups is 1. The quantitative estimate of drug-likeness (QED) is 0.110. The molecule has 2 N–H and O–H groups in total. The van der Waals surface area contributed by atoms with Crippen LogP contribution in [0.15, 0.2) is 72.3 Å². The van der Waals surface area contributed by atoms with E-state index in [0.717, 1.165) is 61.9 Å². The average Bonchev–Trinajstić information content (AvgIpc) is 3.59. The van der Waals surface area contributed by atoms with E-state index in [-0.39, 0.29) is 0 Å². The molecule has 2 aromatic heterocycles. The molecule has 1 atom stereocenters. The van der Waals surface area contributed by atoms with Gasteiger partial charge in [-0.25, -0.2) is 0 Å². The number of aryl methyl sites for hydroxylation is 4. The Hall–Kier alpha value is -5.29. The standard InChI is InChI=1S/C45H43N5.5C2H6/c1-6-9-39-41(27(7-2)23-46)37-22-30-11-13-33-42-29(10-14-34(43(30)42)45(37)50(39)40-18-25(40)4)21-36-35-20-28(31-16-17-48-24-31)12-15-38(35)49(44(33)36)32(8-3)19-26(5)47;5*1-2/h7-8,12,15-16,18-25,46-47H,3,6,9-11,13-14,17H2,1-2,4-5H3;5*1-2H3/b27-7+,32-19+,46-23?,47-26?;;;;;. The summed E-state index contributed by atoms with van der Waals surface area (Å²) in [4.78, 5) is 4.47. The van der Waals surface area contributed by atoms with Gasteiger partial charge in [0.25, 0.3) is 0 Å². The molecule has 0 radical (unpaired) electrons. The fraction of sp³-hybridized carbons (Fsp3) is 0.400. The van der Waals surface area contributed by atoms with E-state index < -0.39 is 0 Å². The van der Waals surface area contributed by atoms with E-state index in [1.165, 1.54) is 88.7 Å². The van der Waals surface area contributed by atoms with Gasteiger partial charge >= 0.3 is 0 Å². The van der Waals surface area contributed by atoms with Gasteiger partial charge in [0.1, 0.15) is 0 Å². The highest BCUT2D eigenvalue weighted by molar-refractivity contribution is 6.19. The maximum Gasteiger partial charge on any atom is 0.0580 e. The van der Waals surface area contributed by atoms with Crippen LogP contribution in [0.4, 0.5) is 0 Å². The van der Waals surface area contributed by atoms with Gasteiger partial charge in [-0.3, -0.25) is 4.99 Å². The van der Waals surface area contributed by atoms with Crippen molar-refractivity contribution in [2.75, 3.05) is 6.54 Å². The molecule has 5 heteroatoms. The number of aromatic nitrogens is 2. The second kappa shape index (κ2) is 21.3. The molecule has 0 bridgehead atoms. The summed E-state index contributed by atoms with van der Waals surface area (Å²) in [5, 5.41) is 20.7. The fourth-order valence-electron chi connectivity index (χ4n) is 9.28. The van der Waals surface area contributed by atoms with Crippen LogP contribution in [0.25, 0.3) is 66.4 Å². The minimum Gasteiger partial charge on any atom is -0.316 e. The van der Waals surface area contributed by atoms with Crippen molar-refractivity contribution in [2.45, 2.75) is 135 Å². The van der Waals surface area contributed by atoms with E-state index in [1.54, 1.807) is 6.21 Å². The zero-order valence-electron chi connectivity index (χ0n) is 39.5. The highest BCUT2D eigenvalue weighted by Crippen LogP contribution is 2.52. The predicted octanol–water partition coefficient (Wildman–Crippen LogP) is 15.8. The predicted molar refractivity (Wildman–Crippen MR) is 271 cm³/mol. The van der Waals surface area contributed by atoms with Crippen molar-refractivity contribution in [3.05, 3.63) is 106 Å². The van der Waals surface area contributed by atoms with Crippen LogP contribution >= 0.6 is 0 Å². The fourth-order valence-corrected chi connectivity index (χ4v) is 9.28. The van der Waals surface area contributed by atoms with Crippen LogP contribution in [0.5, 0.6) is 0 Å². The number of allylic oxidation sites excluding steroid dienone is 8. The van der Waals surface area contributed by atoms with Gasteiger partial charge in [0.15, 0.2) is 0 Å². The first kappa shape index (κ1) is 47.4.